The Hall–Kier alpha value is -3.11. The Morgan fingerprint density at radius 1 is 0.895 bits per heavy atom. The Balaban J connectivity index is 1.20. The van der Waals surface area contributed by atoms with Gasteiger partial charge in [-0.15, -0.1) is 0 Å². The van der Waals surface area contributed by atoms with E-state index in [-0.39, 0.29) is 36.8 Å². The highest BCUT2D eigenvalue weighted by Gasteiger charge is 2.41. The van der Waals surface area contributed by atoms with Crippen LogP contribution in [-0.2, 0) is 39.0 Å². The maximum atomic E-state index is 14.7. The van der Waals surface area contributed by atoms with Gasteiger partial charge in [-0.25, -0.2) is 12.8 Å². The van der Waals surface area contributed by atoms with Gasteiger partial charge in [0.05, 0.1) is 4.90 Å². The second kappa shape index (κ2) is 9.57. The van der Waals surface area contributed by atoms with Crippen LogP contribution in [0, 0.1) is 5.82 Å². The fraction of sp³-hybridized carbons (Fsp3) is 0.464. The van der Waals surface area contributed by atoms with Crippen LogP contribution in [0.1, 0.15) is 77.1 Å². The number of fused-ring (bicyclic) bond motifs is 2. The molecule has 1 N–H and O–H groups in total. The van der Waals surface area contributed by atoms with Crippen molar-refractivity contribution < 1.29 is 27.2 Å². The quantitative estimate of drug-likeness (QED) is 0.602. The number of rotatable bonds is 4. The van der Waals surface area contributed by atoms with Gasteiger partial charge >= 0.3 is 0 Å². The minimum absolute atomic E-state index is 0.107. The number of sulfonamides is 1. The number of hydrogen-bond donors (Lipinski definition) is 1. The molecule has 3 heterocycles. The monoisotopic (exact) mass is 539 g/mol. The molecule has 4 aliphatic rings. The molecule has 0 saturated carbocycles. The Bertz CT molecular complexity index is 1450. The lowest BCUT2D eigenvalue weighted by molar-refractivity contribution is -0.136. The highest BCUT2D eigenvalue weighted by atomic mass is 32.2. The Kier molecular flexibility index (Phi) is 6.34. The van der Waals surface area contributed by atoms with E-state index < -0.39 is 33.7 Å². The molecule has 1 atom stereocenters. The number of carbonyl (C=O) groups is 3. The molecule has 0 bridgehead atoms. The van der Waals surface area contributed by atoms with Crippen molar-refractivity contribution in [1.29, 1.82) is 0 Å². The van der Waals surface area contributed by atoms with E-state index in [1.807, 2.05) is 12.1 Å². The summed E-state index contributed by atoms with van der Waals surface area (Å²) >= 11 is 0. The lowest BCUT2D eigenvalue weighted by atomic mass is 9.86. The summed E-state index contributed by atoms with van der Waals surface area (Å²) in [6.07, 6.45) is 5.49. The molecule has 2 saturated heterocycles. The van der Waals surface area contributed by atoms with Gasteiger partial charge < -0.3 is 4.90 Å². The molecule has 2 aromatic carbocycles. The van der Waals surface area contributed by atoms with Crippen LogP contribution >= 0.6 is 0 Å². The van der Waals surface area contributed by atoms with Crippen molar-refractivity contribution in [2.24, 2.45) is 0 Å². The third-order valence-corrected chi connectivity index (χ3v) is 10.4. The molecule has 0 spiro atoms. The molecule has 6 rings (SSSR count). The van der Waals surface area contributed by atoms with Crippen LogP contribution in [0.4, 0.5) is 4.39 Å². The number of benzene rings is 2. The SMILES string of the molecule is O=C1CCC(N2Cc3c(cc(F)cc3C3CCN(S(=O)(=O)c4ccc5c(c4)CCCC5)CC3)C2=O)C(=O)N1. The van der Waals surface area contributed by atoms with Crippen molar-refractivity contribution in [3.05, 3.63) is 64.0 Å². The molecule has 200 valence electrons. The van der Waals surface area contributed by atoms with Gasteiger partial charge in [-0.3, -0.25) is 19.7 Å². The first-order valence-corrected chi connectivity index (χ1v) is 14.8. The lowest BCUT2D eigenvalue weighted by Gasteiger charge is -2.33. The smallest absolute Gasteiger partial charge is 0.255 e. The number of amides is 3. The van der Waals surface area contributed by atoms with Crippen LogP contribution in [0.3, 0.4) is 0 Å². The van der Waals surface area contributed by atoms with Gasteiger partial charge in [0.2, 0.25) is 21.8 Å². The molecule has 0 aromatic heterocycles. The zero-order valence-corrected chi connectivity index (χ0v) is 21.9. The van der Waals surface area contributed by atoms with E-state index in [0.717, 1.165) is 31.2 Å². The Labute approximate surface area is 221 Å². The molecule has 38 heavy (non-hydrogen) atoms. The first kappa shape index (κ1) is 25.2. The molecule has 8 nitrogen and oxygen atoms in total. The number of imide groups is 1. The normalized spacial score (nSPS) is 22.8. The van der Waals surface area contributed by atoms with Crippen LogP contribution in [-0.4, -0.2) is 54.5 Å². The van der Waals surface area contributed by atoms with Crippen molar-refractivity contribution in [2.45, 2.75) is 74.8 Å². The fourth-order valence-corrected chi connectivity index (χ4v) is 7.96. The zero-order valence-electron chi connectivity index (χ0n) is 21.0. The molecule has 3 amide bonds. The summed E-state index contributed by atoms with van der Waals surface area (Å²) in [7, 11) is -3.64. The molecule has 2 fully saturated rings. The summed E-state index contributed by atoms with van der Waals surface area (Å²) in [6, 6.07) is 7.36. The number of halogens is 1. The van der Waals surface area contributed by atoms with Crippen LogP contribution < -0.4 is 5.32 Å². The first-order valence-electron chi connectivity index (χ1n) is 13.3. The maximum absolute atomic E-state index is 14.7. The molecule has 1 unspecified atom stereocenters. The highest BCUT2D eigenvalue weighted by molar-refractivity contribution is 7.89. The summed E-state index contributed by atoms with van der Waals surface area (Å²) in [6.45, 7) is 0.782. The molecular formula is C28H30FN3O5S. The third kappa shape index (κ3) is 4.33. The fourth-order valence-electron chi connectivity index (χ4n) is 6.44. The molecule has 3 aliphatic heterocycles. The van der Waals surface area contributed by atoms with Gasteiger partial charge in [0.15, 0.2) is 0 Å². The second-order valence-electron chi connectivity index (χ2n) is 10.7. The van der Waals surface area contributed by atoms with E-state index in [9.17, 15) is 27.2 Å². The average molecular weight is 540 g/mol. The highest BCUT2D eigenvalue weighted by Crippen LogP contribution is 2.39. The number of hydrogen-bond acceptors (Lipinski definition) is 5. The minimum Gasteiger partial charge on any atom is -0.322 e. The summed E-state index contributed by atoms with van der Waals surface area (Å²) in [5.41, 5.74) is 3.99. The van der Waals surface area contributed by atoms with Crippen molar-refractivity contribution >= 4 is 27.7 Å². The Morgan fingerprint density at radius 2 is 1.63 bits per heavy atom. The predicted molar refractivity (Wildman–Crippen MR) is 136 cm³/mol. The van der Waals surface area contributed by atoms with E-state index in [1.165, 1.54) is 26.9 Å². The van der Waals surface area contributed by atoms with Crippen LogP contribution in [0.5, 0.6) is 0 Å². The number of aryl methyl sites for hydroxylation is 2. The van der Waals surface area contributed by atoms with Crippen molar-refractivity contribution in [3.8, 4) is 0 Å². The van der Waals surface area contributed by atoms with E-state index >= 15 is 0 Å². The van der Waals surface area contributed by atoms with E-state index in [0.29, 0.717) is 42.0 Å². The maximum Gasteiger partial charge on any atom is 0.255 e. The number of carbonyl (C=O) groups excluding carboxylic acids is 3. The molecular weight excluding hydrogens is 509 g/mol. The van der Waals surface area contributed by atoms with Crippen LogP contribution in [0.15, 0.2) is 35.2 Å². The van der Waals surface area contributed by atoms with Crippen molar-refractivity contribution in [1.82, 2.24) is 14.5 Å². The number of piperidine rings is 2. The van der Waals surface area contributed by atoms with Gasteiger partial charge in [0.1, 0.15) is 11.9 Å². The summed E-state index contributed by atoms with van der Waals surface area (Å²) in [5, 5.41) is 2.28. The van der Waals surface area contributed by atoms with E-state index in [1.54, 1.807) is 6.07 Å². The average Bonchev–Trinajstić information content (AvgIpc) is 3.23. The molecule has 10 heteroatoms. The topological polar surface area (TPSA) is 104 Å². The standard InChI is InChI=1S/C28H30FN3O5S/c29-20-14-22(24-16-32(28(35)23(24)15-20)25-7-8-26(33)30-27(25)34)18-9-11-31(12-10-18)38(36,37)21-6-5-17-3-1-2-4-19(17)13-21/h5-6,13-15,18,25H,1-4,7-12,16H2,(H,30,33,34). The van der Waals surface area contributed by atoms with E-state index in [2.05, 4.69) is 5.32 Å². The minimum atomic E-state index is -3.64. The summed E-state index contributed by atoms with van der Waals surface area (Å²) in [4.78, 5) is 38.9. The largest absolute Gasteiger partial charge is 0.322 e. The van der Waals surface area contributed by atoms with Crippen LogP contribution in [0.2, 0.25) is 0 Å². The zero-order chi connectivity index (χ0) is 26.6. The van der Waals surface area contributed by atoms with Gasteiger partial charge in [0, 0.05) is 31.6 Å². The van der Waals surface area contributed by atoms with E-state index in [4.69, 9.17) is 0 Å². The van der Waals surface area contributed by atoms with Gasteiger partial charge in [-0.2, -0.15) is 4.31 Å². The van der Waals surface area contributed by atoms with Gasteiger partial charge in [0.25, 0.3) is 5.91 Å². The summed E-state index contributed by atoms with van der Waals surface area (Å²) < 4.78 is 43.0. The van der Waals surface area contributed by atoms with Crippen molar-refractivity contribution in [2.75, 3.05) is 13.1 Å². The number of nitrogens with one attached hydrogen (secondary N) is 1. The first-order chi connectivity index (χ1) is 18.2. The van der Waals surface area contributed by atoms with Crippen LogP contribution in [0.25, 0.3) is 0 Å². The second-order valence-corrected chi connectivity index (χ2v) is 12.7. The molecule has 2 aromatic rings. The lowest BCUT2D eigenvalue weighted by Crippen LogP contribution is -2.52. The Morgan fingerprint density at radius 3 is 2.37 bits per heavy atom. The third-order valence-electron chi connectivity index (χ3n) is 8.51. The predicted octanol–water partition coefficient (Wildman–Crippen LogP) is 3.03. The molecule has 1 aliphatic carbocycles. The molecule has 0 radical (unpaired) electrons. The number of nitrogens with zero attached hydrogens (tertiary/aromatic N) is 2. The van der Waals surface area contributed by atoms with Gasteiger partial charge in [-0.05, 0) is 97.4 Å². The van der Waals surface area contributed by atoms with Gasteiger partial charge in [-0.1, -0.05) is 6.07 Å². The summed E-state index contributed by atoms with van der Waals surface area (Å²) in [5.74, 6) is -1.92. The van der Waals surface area contributed by atoms with Crippen molar-refractivity contribution in [3.63, 3.8) is 0 Å².